The van der Waals surface area contributed by atoms with Crippen molar-refractivity contribution in [3.63, 3.8) is 0 Å². The largest absolute Gasteiger partial charge is 0.325 e. The number of carbonyl (C=O) groups excluding carboxylic acids is 1. The number of rotatable bonds is 4. The lowest BCUT2D eigenvalue weighted by atomic mass is 9.99. The van der Waals surface area contributed by atoms with Crippen molar-refractivity contribution in [1.29, 1.82) is 0 Å². The monoisotopic (exact) mass is 490 g/mol. The van der Waals surface area contributed by atoms with Crippen molar-refractivity contribution in [2.75, 3.05) is 18.4 Å². The van der Waals surface area contributed by atoms with E-state index in [2.05, 4.69) is 21.2 Å². The second-order valence-corrected chi connectivity index (χ2v) is 9.85. The first kappa shape index (κ1) is 20.6. The Morgan fingerprint density at radius 3 is 2.67 bits per heavy atom. The highest BCUT2D eigenvalue weighted by molar-refractivity contribution is 9.10. The maximum atomic E-state index is 13.0. The fourth-order valence-corrected chi connectivity index (χ4v) is 5.63. The Kier molecular flexibility index (Phi) is 6.48. The standard InChI is InChI=1S/C18H17BrCl2N2O3S/c19-14-5-1-2-6-16(14)22-18(24)12-4-3-9-23(11-12)27(25,26)17-10-13(20)7-8-15(17)21/h1-2,5-8,10,12H,3-4,9,11H2,(H,22,24)/t12-/m0/s1. The number of nitrogens with one attached hydrogen (secondary N) is 1. The molecule has 1 amide bonds. The zero-order valence-corrected chi connectivity index (χ0v) is 18.1. The number of anilines is 1. The van der Waals surface area contributed by atoms with Gasteiger partial charge >= 0.3 is 0 Å². The zero-order chi connectivity index (χ0) is 19.6. The molecule has 0 radical (unpaired) electrons. The van der Waals surface area contributed by atoms with E-state index in [9.17, 15) is 13.2 Å². The van der Waals surface area contributed by atoms with Crippen LogP contribution in [-0.2, 0) is 14.8 Å². The van der Waals surface area contributed by atoms with Gasteiger partial charge in [-0.25, -0.2) is 8.42 Å². The Balaban J connectivity index is 1.78. The molecule has 2 aromatic carbocycles. The first-order valence-corrected chi connectivity index (χ1v) is 11.3. The molecule has 2 aromatic rings. The van der Waals surface area contributed by atoms with E-state index in [0.717, 1.165) is 4.47 Å². The Morgan fingerprint density at radius 2 is 1.93 bits per heavy atom. The van der Waals surface area contributed by atoms with Crippen LogP contribution in [0, 0.1) is 5.92 Å². The minimum Gasteiger partial charge on any atom is -0.325 e. The van der Waals surface area contributed by atoms with E-state index < -0.39 is 15.9 Å². The average molecular weight is 492 g/mol. The molecule has 0 spiro atoms. The van der Waals surface area contributed by atoms with Crippen LogP contribution in [0.25, 0.3) is 0 Å². The molecule has 0 unspecified atom stereocenters. The van der Waals surface area contributed by atoms with Gasteiger partial charge in [-0.15, -0.1) is 0 Å². The van der Waals surface area contributed by atoms with Crippen molar-refractivity contribution in [2.45, 2.75) is 17.7 Å². The third-order valence-corrected chi connectivity index (χ3v) is 7.67. The summed E-state index contributed by atoms with van der Waals surface area (Å²) < 4.78 is 28.0. The number of para-hydroxylation sites is 1. The van der Waals surface area contributed by atoms with Crippen molar-refractivity contribution in [3.8, 4) is 0 Å². The minimum atomic E-state index is -3.83. The van der Waals surface area contributed by atoms with E-state index in [1.165, 1.54) is 22.5 Å². The topological polar surface area (TPSA) is 66.5 Å². The fourth-order valence-electron chi connectivity index (χ4n) is 2.99. The first-order valence-electron chi connectivity index (χ1n) is 8.29. The predicted molar refractivity (Wildman–Crippen MR) is 111 cm³/mol. The third kappa shape index (κ3) is 4.66. The Bertz CT molecular complexity index is 969. The molecule has 144 valence electrons. The molecule has 1 heterocycles. The molecule has 0 saturated carbocycles. The molecule has 1 aliphatic heterocycles. The lowest BCUT2D eigenvalue weighted by molar-refractivity contribution is -0.120. The summed E-state index contributed by atoms with van der Waals surface area (Å²) in [4.78, 5) is 12.6. The van der Waals surface area contributed by atoms with Gasteiger partial charge in [-0.05, 0) is 59.1 Å². The van der Waals surface area contributed by atoms with Crippen LogP contribution in [0.3, 0.4) is 0 Å². The number of hydrogen-bond donors (Lipinski definition) is 1. The van der Waals surface area contributed by atoms with E-state index >= 15 is 0 Å². The second kappa shape index (κ2) is 8.49. The number of nitrogens with zero attached hydrogens (tertiary/aromatic N) is 1. The highest BCUT2D eigenvalue weighted by Gasteiger charge is 2.34. The molecule has 1 atom stereocenters. The summed E-state index contributed by atoms with van der Waals surface area (Å²) in [5, 5.41) is 3.26. The summed E-state index contributed by atoms with van der Waals surface area (Å²) in [6.07, 6.45) is 1.21. The van der Waals surface area contributed by atoms with Crippen LogP contribution in [0.1, 0.15) is 12.8 Å². The molecule has 1 N–H and O–H groups in total. The highest BCUT2D eigenvalue weighted by Crippen LogP contribution is 2.31. The van der Waals surface area contributed by atoms with Gasteiger partial charge in [0.05, 0.1) is 16.6 Å². The van der Waals surface area contributed by atoms with Gasteiger partial charge in [-0.2, -0.15) is 4.31 Å². The Morgan fingerprint density at radius 1 is 1.19 bits per heavy atom. The molecule has 1 aliphatic rings. The maximum absolute atomic E-state index is 13.0. The van der Waals surface area contributed by atoms with E-state index in [1.807, 2.05) is 18.2 Å². The first-order chi connectivity index (χ1) is 12.8. The van der Waals surface area contributed by atoms with Crippen LogP contribution in [-0.4, -0.2) is 31.7 Å². The van der Waals surface area contributed by atoms with Gasteiger partial charge in [0.1, 0.15) is 4.90 Å². The predicted octanol–water partition coefficient (Wildman–Crippen LogP) is 4.80. The van der Waals surface area contributed by atoms with E-state index in [4.69, 9.17) is 23.2 Å². The SMILES string of the molecule is O=C(Nc1ccccc1Br)[C@H]1CCCN(S(=O)(=O)c2cc(Cl)ccc2Cl)C1. The van der Waals surface area contributed by atoms with Gasteiger partial charge in [0, 0.05) is 22.6 Å². The lowest BCUT2D eigenvalue weighted by Gasteiger charge is -2.31. The number of hydrogen-bond acceptors (Lipinski definition) is 3. The van der Waals surface area contributed by atoms with Crippen molar-refractivity contribution >= 4 is 60.7 Å². The summed E-state index contributed by atoms with van der Waals surface area (Å²) in [7, 11) is -3.83. The molecule has 1 saturated heterocycles. The van der Waals surface area contributed by atoms with Crippen LogP contribution in [0.2, 0.25) is 10.0 Å². The van der Waals surface area contributed by atoms with Gasteiger partial charge in [0.2, 0.25) is 15.9 Å². The molecule has 0 aliphatic carbocycles. The molecule has 27 heavy (non-hydrogen) atoms. The Hall–Kier alpha value is -1.12. The number of carbonyl (C=O) groups is 1. The van der Waals surface area contributed by atoms with E-state index in [-0.39, 0.29) is 22.4 Å². The number of halogens is 3. The number of sulfonamides is 1. The van der Waals surface area contributed by atoms with Crippen molar-refractivity contribution in [2.24, 2.45) is 5.92 Å². The smallest absolute Gasteiger partial charge is 0.244 e. The molecule has 0 aromatic heterocycles. The molecular formula is C18H17BrCl2N2O3S. The maximum Gasteiger partial charge on any atom is 0.244 e. The summed E-state index contributed by atoms with van der Waals surface area (Å²) in [6.45, 7) is 0.436. The van der Waals surface area contributed by atoms with Crippen LogP contribution in [0.5, 0.6) is 0 Å². The van der Waals surface area contributed by atoms with Gasteiger partial charge in [0.25, 0.3) is 0 Å². The number of amides is 1. The number of benzene rings is 2. The number of piperidine rings is 1. The van der Waals surface area contributed by atoms with Crippen LogP contribution >= 0.6 is 39.1 Å². The molecular weight excluding hydrogens is 475 g/mol. The van der Waals surface area contributed by atoms with Crippen molar-refractivity contribution in [1.82, 2.24) is 4.31 Å². The van der Waals surface area contributed by atoms with Crippen LogP contribution in [0.15, 0.2) is 51.8 Å². The second-order valence-electron chi connectivity index (χ2n) is 6.25. The highest BCUT2D eigenvalue weighted by atomic mass is 79.9. The minimum absolute atomic E-state index is 0.0384. The quantitative estimate of drug-likeness (QED) is 0.668. The average Bonchev–Trinajstić information content (AvgIpc) is 2.65. The zero-order valence-electron chi connectivity index (χ0n) is 14.2. The summed E-state index contributed by atoms with van der Waals surface area (Å²) >= 11 is 15.4. The van der Waals surface area contributed by atoms with Gasteiger partial charge in [-0.3, -0.25) is 4.79 Å². The summed E-state index contributed by atoms with van der Waals surface area (Å²) in [6, 6.07) is 11.6. The van der Waals surface area contributed by atoms with E-state index in [1.54, 1.807) is 6.07 Å². The Labute approximate surface area is 176 Å². The van der Waals surface area contributed by atoms with Gasteiger partial charge in [0.15, 0.2) is 0 Å². The molecule has 3 rings (SSSR count). The lowest BCUT2D eigenvalue weighted by Crippen LogP contribution is -2.43. The summed E-state index contributed by atoms with van der Waals surface area (Å²) in [5.41, 5.74) is 0.653. The van der Waals surface area contributed by atoms with Crippen LogP contribution < -0.4 is 5.32 Å². The normalized spacial score (nSPS) is 18.3. The third-order valence-electron chi connectivity index (χ3n) is 4.40. The van der Waals surface area contributed by atoms with E-state index in [0.29, 0.717) is 30.1 Å². The summed E-state index contributed by atoms with van der Waals surface area (Å²) in [5.74, 6) is -0.655. The van der Waals surface area contributed by atoms with Gasteiger partial charge in [-0.1, -0.05) is 35.3 Å². The molecule has 9 heteroatoms. The molecule has 1 fully saturated rings. The van der Waals surface area contributed by atoms with Crippen molar-refractivity contribution in [3.05, 3.63) is 57.0 Å². The molecule has 5 nitrogen and oxygen atoms in total. The fraction of sp³-hybridized carbons (Fsp3) is 0.278. The molecule has 0 bridgehead atoms. The van der Waals surface area contributed by atoms with Gasteiger partial charge < -0.3 is 5.32 Å². The van der Waals surface area contributed by atoms with Crippen molar-refractivity contribution < 1.29 is 13.2 Å². The van der Waals surface area contributed by atoms with Crippen LogP contribution in [0.4, 0.5) is 5.69 Å².